The van der Waals surface area contributed by atoms with Crippen LogP contribution >= 0.6 is 0 Å². The second-order valence-corrected chi connectivity index (χ2v) is 6.02. The summed E-state index contributed by atoms with van der Waals surface area (Å²) in [6.07, 6.45) is -3.67. The van der Waals surface area contributed by atoms with E-state index in [9.17, 15) is 22.4 Å². The molecule has 25 heavy (non-hydrogen) atoms. The molecule has 0 radical (unpaired) electrons. The van der Waals surface area contributed by atoms with E-state index in [1.807, 2.05) is 6.92 Å². The van der Waals surface area contributed by atoms with Gasteiger partial charge in [-0.15, -0.1) is 0 Å². The van der Waals surface area contributed by atoms with E-state index < -0.39 is 29.3 Å². The molecular weight excluding hydrogens is 342 g/mol. The number of fused-ring (bicyclic) bond motifs is 3. The highest BCUT2D eigenvalue weighted by molar-refractivity contribution is 5.89. The number of aromatic nitrogens is 1. The predicted molar refractivity (Wildman–Crippen MR) is 81.3 cm³/mol. The third-order valence-electron chi connectivity index (χ3n) is 4.27. The van der Waals surface area contributed by atoms with Crippen LogP contribution in [0.4, 0.5) is 17.6 Å². The monoisotopic (exact) mass is 359 g/mol. The normalized spacial score (nSPS) is 20.6. The fourth-order valence-electron chi connectivity index (χ4n) is 3.43. The predicted octanol–water partition coefficient (Wildman–Crippen LogP) is 4.41. The molecule has 0 amide bonds. The second kappa shape index (κ2) is 6.01. The lowest BCUT2D eigenvalue weighted by atomic mass is 9.94. The van der Waals surface area contributed by atoms with Crippen LogP contribution in [0.5, 0.6) is 0 Å². The quantitative estimate of drug-likeness (QED) is 0.652. The molecule has 0 spiro atoms. The summed E-state index contributed by atoms with van der Waals surface area (Å²) in [5, 5.41) is -0.224. The Balaban J connectivity index is 2.33. The van der Waals surface area contributed by atoms with E-state index in [1.54, 1.807) is 0 Å². The van der Waals surface area contributed by atoms with Crippen molar-refractivity contribution in [1.82, 2.24) is 4.98 Å². The Morgan fingerprint density at radius 2 is 2.12 bits per heavy atom. The molecular formula is C17H17F4NO3. The Bertz CT molecular complexity index is 827. The van der Waals surface area contributed by atoms with E-state index in [0.717, 1.165) is 12.1 Å². The molecule has 1 unspecified atom stereocenters. The van der Waals surface area contributed by atoms with Crippen molar-refractivity contribution in [2.75, 3.05) is 6.61 Å². The lowest BCUT2D eigenvalue weighted by Crippen LogP contribution is -2.39. The van der Waals surface area contributed by atoms with Gasteiger partial charge in [0.15, 0.2) is 0 Å². The number of benzene rings is 1. The van der Waals surface area contributed by atoms with Gasteiger partial charge in [0, 0.05) is 18.7 Å². The topological polar surface area (TPSA) is 51.3 Å². The molecule has 3 rings (SSSR count). The Morgan fingerprint density at radius 1 is 1.40 bits per heavy atom. The molecule has 1 N–H and O–H groups in total. The minimum atomic E-state index is -4.63. The van der Waals surface area contributed by atoms with Gasteiger partial charge in [0.2, 0.25) is 0 Å². The number of aromatic amines is 1. The standard InChI is InChI=1S/C17H17F4NO3/c1-3-7-16(25-9(2)23)15-10(6-8-24-16)13-11(17(19,20)21)4-5-12(18)14(13)22-15/h4-5,22H,3,6-8H2,1-2H3. The van der Waals surface area contributed by atoms with Gasteiger partial charge in [-0.2, -0.15) is 13.2 Å². The fraction of sp³-hybridized carbons (Fsp3) is 0.471. The summed E-state index contributed by atoms with van der Waals surface area (Å²) < 4.78 is 65.4. The Hall–Kier alpha value is -2.09. The number of carbonyl (C=O) groups is 1. The smallest absolute Gasteiger partial charge is 0.417 e. The Morgan fingerprint density at radius 3 is 2.72 bits per heavy atom. The van der Waals surface area contributed by atoms with Gasteiger partial charge in [-0.1, -0.05) is 6.92 Å². The van der Waals surface area contributed by atoms with Crippen LogP contribution < -0.4 is 0 Å². The van der Waals surface area contributed by atoms with Crippen LogP contribution in [0, 0.1) is 5.82 Å². The minimum absolute atomic E-state index is 0.0705. The molecule has 0 aliphatic carbocycles. The number of halogens is 4. The molecule has 1 atom stereocenters. The summed E-state index contributed by atoms with van der Waals surface area (Å²) in [7, 11) is 0. The van der Waals surface area contributed by atoms with Crippen molar-refractivity contribution in [3.8, 4) is 0 Å². The summed E-state index contributed by atoms with van der Waals surface area (Å²) in [5.74, 6) is -2.95. The van der Waals surface area contributed by atoms with E-state index in [1.165, 1.54) is 6.92 Å². The third kappa shape index (κ3) is 2.88. The number of carbonyl (C=O) groups excluding carboxylic acids is 1. The van der Waals surface area contributed by atoms with Gasteiger partial charge >= 0.3 is 12.1 Å². The van der Waals surface area contributed by atoms with Crippen LogP contribution in [-0.4, -0.2) is 17.6 Å². The Kier molecular flexibility index (Phi) is 4.26. The first-order valence-corrected chi connectivity index (χ1v) is 7.94. The van der Waals surface area contributed by atoms with Crippen LogP contribution in [0.1, 0.15) is 43.5 Å². The highest BCUT2D eigenvalue weighted by Gasteiger charge is 2.45. The number of esters is 1. The maximum Gasteiger partial charge on any atom is 0.417 e. The lowest BCUT2D eigenvalue weighted by Gasteiger charge is -2.36. The van der Waals surface area contributed by atoms with Crippen molar-refractivity contribution in [2.24, 2.45) is 0 Å². The van der Waals surface area contributed by atoms with Crippen LogP contribution in [0.2, 0.25) is 0 Å². The van der Waals surface area contributed by atoms with Gasteiger partial charge in [0.1, 0.15) is 5.82 Å². The first kappa shape index (κ1) is 17.7. The molecule has 1 aliphatic heterocycles. The molecule has 0 saturated heterocycles. The van der Waals surface area contributed by atoms with Crippen LogP contribution in [0.3, 0.4) is 0 Å². The van der Waals surface area contributed by atoms with Crippen LogP contribution in [0.15, 0.2) is 12.1 Å². The van der Waals surface area contributed by atoms with Crippen molar-refractivity contribution in [1.29, 1.82) is 0 Å². The first-order valence-electron chi connectivity index (χ1n) is 7.94. The van der Waals surface area contributed by atoms with Crippen molar-refractivity contribution >= 4 is 16.9 Å². The highest BCUT2D eigenvalue weighted by Crippen LogP contribution is 2.45. The summed E-state index contributed by atoms with van der Waals surface area (Å²) >= 11 is 0. The molecule has 4 nitrogen and oxygen atoms in total. The lowest BCUT2D eigenvalue weighted by molar-refractivity contribution is -0.247. The summed E-state index contributed by atoms with van der Waals surface area (Å²) in [4.78, 5) is 14.2. The number of rotatable bonds is 3. The van der Waals surface area contributed by atoms with Crippen molar-refractivity contribution < 1.29 is 31.8 Å². The maximum atomic E-state index is 14.2. The van der Waals surface area contributed by atoms with E-state index in [-0.39, 0.29) is 41.6 Å². The average Bonchev–Trinajstić information content (AvgIpc) is 2.88. The molecule has 2 heterocycles. The molecule has 1 aromatic carbocycles. The zero-order valence-corrected chi connectivity index (χ0v) is 13.7. The van der Waals surface area contributed by atoms with Crippen LogP contribution in [-0.2, 0) is 32.7 Å². The van der Waals surface area contributed by atoms with E-state index >= 15 is 0 Å². The number of H-pyrrole nitrogens is 1. The summed E-state index contributed by atoms with van der Waals surface area (Å²) in [6, 6.07) is 1.51. The van der Waals surface area contributed by atoms with Gasteiger partial charge in [-0.25, -0.2) is 4.39 Å². The van der Waals surface area contributed by atoms with Crippen molar-refractivity contribution in [3.63, 3.8) is 0 Å². The van der Waals surface area contributed by atoms with Crippen LogP contribution in [0.25, 0.3) is 10.9 Å². The van der Waals surface area contributed by atoms with Gasteiger partial charge in [0.05, 0.1) is 23.4 Å². The minimum Gasteiger partial charge on any atom is -0.427 e. The number of hydrogen-bond donors (Lipinski definition) is 1. The zero-order chi connectivity index (χ0) is 18.4. The van der Waals surface area contributed by atoms with E-state index in [0.29, 0.717) is 6.42 Å². The highest BCUT2D eigenvalue weighted by atomic mass is 19.4. The Labute approximate surface area is 141 Å². The fourth-order valence-corrected chi connectivity index (χ4v) is 3.43. The van der Waals surface area contributed by atoms with Gasteiger partial charge in [0.25, 0.3) is 5.79 Å². The van der Waals surface area contributed by atoms with Gasteiger partial charge < -0.3 is 14.5 Å². The van der Waals surface area contributed by atoms with Gasteiger partial charge in [-0.05, 0) is 30.5 Å². The molecule has 0 bridgehead atoms. The number of ether oxygens (including phenoxy) is 2. The number of hydrogen-bond acceptors (Lipinski definition) is 3. The van der Waals surface area contributed by atoms with E-state index in [4.69, 9.17) is 9.47 Å². The number of nitrogens with one attached hydrogen (secondary N) is 1. The summed E-state index contributed by atoms with van der Waals surface area (Å²) in [5.41, 5.74) is -0.710. The molecule has 136 valence electrons. The van der Waals surface area contributed by atoms with Crippen molar-refractivity contribution in [2.45, 2.75) is 45.1 Å². The molecule has 0 saturated carbocycles. The third-order valence-corrected chi connectivity index (χ3v) is 4.27. The maximum absolute atomic E-state index is 14.2. The van der Waals surface area contributed by atoms with E-state index in [2.05, 4.69) is 4.98 Å². The van der Waals surface area contributed by atoms with Gasteiger partial charge in [-0.3, -0.25) is 4.79 Å². The second-order valence-electron chi connectivity index (χ2n) is 6.02. The SMILES string of the molecule is CCCC1(OC(C)=O)OCCc2c1[nH]c1c(F)ccc(C(F)(F)F)c21. The molecule has 8 heteroatoms. The largest absolute Gasteiger partial charge is 0.427 e. The molecule has 1 aliphatic rings. The molecule has 1 aromatic heterocycles. The number of alkyl halides is 3. The zero-order valence-electron chi connectivity index (χ0n) is 13.7. The van der Waals surface area contributed by atoms with Crippen molar-refractivity contribution in [3.05, 3.63) is 34.8 Å². The molecule has 0 fully saturated rings. The average molecular weight is 359 g/mol. The first-order chi connectivity index (χ1) is 11.7. The summed E-state index contributed by atoms with van der Waals surface area (Å²) in [6.45, 7) is 3.09. The molecule has 2 aromatic rings.